The number of carbonyl (C=O) groups excluding carboxylic acids is 1. The molecule has 1 atom stereocenters. The van der Waals surface area contributed by atoms with Gasteiger partial charge in [0.1, 0.15) is 5.38 Å². The quantitative estimate of drug-likeness (QED) is 0.539. The van der Waals surface area contributed by atoms with E-state index in [9.17, 15) is 4.79 Å². The summed E-state index contributed by atoms with van der Waals surface area (Å²) in [5.74, 6) is -0.0147. The SMILES string of the molecule is CC[C@@H](Cl)C(=O)N(C)C. The predicted molar refractivity (Wildman–Crippen MR) is 38.6 cm³/mol. The molecule has 0 aromatic heterocycles. The maximum Gasteiger partial charge on any atom is 0.240 e. The van der Waals surface area contributed by atoms with E-state index in [1.54, 1.807) is 14.1 Å². The molecule has 0 fully saturated rings. The first-order valence-corrected chi connectivity index (χ1v) is 3.38. The molecule has 0 aliphatic carbocycles. The summed E-state index contributed by atoms with van der Waals surface area (Å²) in [6.07, 6.45) is 0.693. The van der Waals surface area contributed by atoms with Gasteiger partial charge in [-0.3, -0.25) is 4.79 Å². The van der Waals surface area contributed by atoms with Gasteiger partial charge in [0.25, 0.3) is 0 Å². The molecule has 0 spiro atoms. The van der Waals surface area contributed by atoms with Crippen LogP contribution in [0, 0.1) is 0 Å². The number of nitrogens with zero attached hydrogens (tertiary/aromatic N) is 1. The van der Waals surface area contributed by atoms with Crippen molar-refractivity contribution in [3.8, 4) is 0 Å². The summed E-state index contributed by atoms with van der Waals surface area (Å²) in [6, 6.07) is 0. The number of hydrogen-bond acceptors (Lipinski definition) is 1. The number of carbonyl (C=O) groups is 1. The Morgan fingerprint density at radius 2 is 2.11 bits per heavy atom. The highest BCUT2D eigenvalue weighted by Gasteiger charge is 2.13. The van der Waals surface area contributed by atoms with E-state index in [-0.39, 0.29) is 11.3 Å². The lowest BCUT2D eigenvalue weighted by Crippen LogP contribution is -2.29. The van der Waals surface area contributed by atoms with Gasteiger partial charge in [-0.1, -0.05) is 6.92 Å². The largest absolute Gasteiger partial charge is 0.348 e. The van der Waals surface area contributed by atoms with Crippen molar-refractivity contribution in [2.45, 2.75) is 18.7 Å². The van der Waals surface area contributed by atoms with E-state index in [1.165, 1.54) is 4.90 Å². The summed E-state index contributed by atoms with van der Waals surface area (Å²) in [7, 11) is 3.40. The second-order valence-corrected chi connectivity index (χ2v) is 2.64. The Labute approximate surface area is 60.8 Å². The molecule has 0 aliphatic heterocycles. The van der Waals surface area contributed by atoms with E-state index in [0.717, 1.165) is 0 Å². The Morgan fingerprint density at radius 3 is 2.22 bits per heavy atom. The molecule has 2 nitrogen and oxygen atoms in total. The zero-order valence-corrected chi connectivity index (χ0v) is 6.77. The smallest absolute Gasteiger partial charge is 0.240 e. The van der Waals surface area contributed by atoms with Crippen LogP contribution < -0.4 is 0 Å². The molecule has 0 unspecified atom stereocenters. The molecule has 0 rings (SSSR count). The van der Waals surface area contributed by atoms with E-state index in [1.807, 2.05) is 6.92 Å². The van der Waals surface area contributed by atoms with Gasteiger partial charge in [0.2, 0.25) is 5.91 Å². The first-order chi connectivity index (χ1) is 4.09. The minimum atomic E-state index is -0.347. The molecule has 0 aromatic carbocycles. The molecular weight excluding hydrogens is 138 g/mol. The average molecular weight is 150 g/mol. The van der Waals surface area contributed by atoms with Gasteiger partial charge in [0.05, 0.1) is 0 Å². The van der Waals surface area contributed by atoms with Gasteiger partial charge in [-0.15, -0.1) is 11.6 Å². The number of alkyl halides is 1. The van der Waals surface area contributed by atoms with Crippen LogP contribution in [0.5, 0.6) is 0 Å². The van der Waals surface area contributed by atoms with E-state index in [2.05, 4.69) is 0 Å². The van der Waals surface area contributed by atoms with Crippen LogP contribution in [0.1, 0.15) is 13.3 Å². The molecule has 1 amide bonds. The Balaban J connectivity index is 3.73. The lowest BCUT2D eigenvalue weighted by molar-refractivity contribution is -0.128. The van der Waals surface area contributed by atoms with Gasteiger partial charge in [0.15, 0.2) is 0 Å². The minimum Gasteiger partial charge on any atom is -0.348 e. The first kappa shape index (κ1) is 8.76. The van der Waals surface area contributed by atoms with Crippen LogP contribution in [0.15, 0.2) is 0 Å². The second kappa shape index (κ2) is 3.72. The minimum absolute atomic E-state index is 0.0147. The summed E-state index contributed by atoms with van der Waals surface area (Å²) < 4.78 is 0. The summed E-state index contributed by atoms with van der Waals surface area (Å²) in [6.45, 7) is 1.89. The highest BCUT2D eigenvalue weighted by Crippen LogP contribution is 2.02. The van der Waals surface area contributed by atoms with Gasteiger partial charge < -0.3 is 4.90 Å². The molecule has 0 radical (unpaired) electrons. The molecule has 0 aromatic rings. The van der Waals surface area contributed by atoms with Crippen LogP contribution in [-0.4, -0.2) is 30.3 Å². The van der Waals surface area contributed by atoms with Gasteiger partial charge in [-0.25, -0.2) is 0 Å². The molecule has 0 saturated carbocycles. The van der Waals surface area contributed by atoms with Crippen molar-refractivity contribution >= 4 is 17.5 Å². The third-order valence-corrected chi connectivity index (χ3v) is 1.56. The second-order valence-electron chi connectivity index (χ2n) is 2.11. The molecule has 0 bridgehead atoms. The number of halogens is 1. The highest BCUT2D eigenvalue weighted by molar-refractivity contribution is 6.30. The van der Waals surface area contributed by atoms with Crippen LogP contribution in [0.2, 0.25) is 0 Å². The maximum absolute atomic E-state index is 10.9. The van der Waals surface area contributed by atoms with E-state index in [4.69, 9.17) is 11.6 Å². The number of hydrogen-bond donors (Lipinski definition) is 0. The topological polar surface area (TPSA) is 20.3 Å². The van der Waals surface area contributed by atoms with Gasteiger partial charge in [-0.05, 0) is 6.42 Å². The van der Waals surface area contributed by atoms with Crippen molar-refractivity contribution in [1.29, 1.82) is 0 Å². The van der Waals surface area contributed by atoms with Crippen molar-refractivity contribution < 1.29 is 4.79 Å². The molecule has 3 heteroatoms. The van der Waals surface area contributed by atoms with Crippen molar-refractivity contribution in [3.63, 3.8) is 0 Å². The van der Waals surface area contributed by atoms with Crippen LogP contribution in [0.4, 0.5) is 0 Å². The first-order valence-electron chi connectivity index (χ1n) is 2.94. The maximum atomic E-state index is 10.9. The molecular formula is C6H12ClNO. The third-order valence-electron chi connectivity index (χ3n) is 1.07. The van der Waals surface area contributed by atoms with Crippen LogP contribution in [0.25, 0.3) is 0 Å². The number of amides is 1. The Bertz CT molecular complexity index is 103. The fourth-order valence-corrected chi connectivity index (χ4v) is 0.650. The zero-order chi connectivity index (χ0) is 7.44. The van der Waals surface area contributed by atoms with Crippen molar-refractivity contribution in [2.24, 2.45) is 0 Å². The lowest BCUT2D eigenvalue weighted by atomic mass is 10.3. The molecule has 0 N–H and O–H groups in total. The van der Waals surface area contributed by atoms with Gasteiger partial charge >= 0.3 is 0 Å². The van der Waals surface area contributed by atoms with Gasteiger partial charge in [0, 0.05) is 14.1 Å². The zero-order valence-electron chi connectivity index (χ0n) is 6.02. The molecule has 0 saturated heterocycles. The predicted octanol–water partition coefficient (Wildman–Crippen LogP) is 1.09. The number of rotatable bonds is 2. The van der Waals surface area contributed by atoms with E-state index in [0.29, 0.717) is 6.42 Å². The van der Waals surface area contributed by atoms with Crippen LogP contribution >= 0.6 is 11.6 Å². The monoisotopic (exact) mass is 149 g/mol. The summed E-state index contributed by atoms with van der Waals surface area (Å²) in [4.78, 5) is 12.4. The van der Waals surface area contributed by atoms with Crippen molar-refractivity contribution in [2.75, 3.05) is 14.1 Å². The van der Waals surface area contributed by atoms with E-state index >= 15 is 0 Å². The summed E-state index contributed by atoms with van der Waals surface area (Å²) in [5.41, 5.74) is 0. The average Bonchev–Trinajstić information content (AvgIpc) is 1.84. The molecule has 9 heavy (non-hydrogen) atoms. The van der Waals surface area contributed by atoms with Crippen molar-refractivity contribution in [3.05, 3.63) is 0 Å². The Kier molecular flexibility index (Phi) is 3.62. The van der Waals surface area contributed by atoms with Gasteiger partial charge in [-0.2, -0.15) is 0 Å². The Morgan fingerprint density at radius 1 is 1.67 bits per heavy atom. The standard InChI is InChI=1S/C6H12ClNO/c1-4-5(7)6(9)8(2)3/h5H,4H2,1-3H3/t5-/m1/s1. The summed E-state index contributed by atoms with van der Waals surface area (Å²) in [5, 5.41) is -0.347. The lowest BCUT2D eigenvalue weighted by Gasteiger charge is -2.12. The molecule has 0 heterocycles. The van der Waals surface area contributed by atoms with Crippen LogP contribution in [0.3, 0.4) is 0 Å². The molecule has 0 aliphatic rings. The Hall–Kier alpha value is -0.240. The van der Waals surface area contributed by atoms with Crippen LogP contribution in [-0.2, 0) is 4.79 Å². The highest BCUT2D eigenvalue weighted by atomic mass is 35.5. The van der Waals surface area contributed by atoms with E-state index < -0.39 is 0 Å². The normalized spacial score (nSPS) is 12.9. The van der Waals surface area contributed by atoms with Crippen molar-refractivity contribution in [1.82, 2.24) is 4.90 Å². The fourth-order valence-electron chi connectivity index (χ4n) is 0.455. The fraction of sp³-hybridized carbons (Fsp3) is 0.833. The molecule has 54 valence electrons. The summed E-state index contributed by atoms with van der Waals surface area (Å²) >= 11 is 5.62. The third kappa shape index (κ3) is 2.70.